The van der Waals surface area contributed by atoms with E-state index in [-0.39, 0.29) is 24.5 Å². The molecule has 0 bridgehead atoms. The van der Waals surface area contributed by atoms with Crippen molar-refractivity contribution < 1.29 is 28.0 Å². The summed E-state index contributed by atoms with van der Waals surface area (Å²) >= 11 is 0. The van der Waals surface area contributed by atoms with Gasteiger partial charge in [-0.2, -0.15) is 0 Å². The molecule has 2 aromatic heterocycles. The van der Waals surface area contributed by atoms with E-state index in [2.05, 4.69) is 21.3 Å². The van der Waals surface area contributed by atoms with Crippen LogP contribution in [0, 0.1) is 0 Å². The lowest BCUT2D eigenvalue weighted by Crippen LogP contribution is -2.35. The normalized spacial score (nSPS) is 10.1. The molecule has 4 amide bonds. The maximum atomic E-state index is 12.0. The van der Waals surface area contributed by atoms with E-state index in [1.807, 2.05) is 0 Å². The maximum Gasteiger partial charge on any atom is 0.313 e. The van der Waals surface area contributed by atoms with Crippen LogP contribution >= 0.6 is 0 Å². The third-order valence-corrected chi connectivity index (χ3v) is 3.80. The first-order valence-corrected chi connectivity index (χ1v) is 8.84. The quantitative estimate of drug-likeness (QED) is 0.452. The molecule has 0 spiro atoms. The Kier molecular flexibility index (Phi) is 6.62. The van der Waals surface area contributed by atoms with Crippen molar-refractivity contribution in [1.82, 2.24) is 10.6 Å². The van der Waals surface area contributed by atoms with Crippen LogP contribution in [-0.4, -0.2) is 23.6 Å². The van der Waals surface area contributed by atoms with E-state index in [9.17, 15) is 19.2 Å². The summed E-state index contributed by atoms with van der Waals surface area (Å²) in [6.07, 6.45) is 2.91. The summed E-state index contributed by atoms with van der Waals surface area (Å²) in [5.41, 5.74) is 0.531. The van der Waals surface area contributed by atoms with E-state index >= 15 is 0 Å². The molecule has 154 valence electrons. The summed E-state index contributed by atoms with van der Waals surface area (Å²) in [7, 11) is 0. The molecule has 4 N–H and O–H groups in total. The Morgan fingerprint density at radius 3 is 1.50 bits per heavy atom. The second kappa shape index (κ2) is 9.73. The minimum Gasteiger partial charge on any atom is -0.467 e. The number of anilines is 2. The van der Waals surface area contributed by atoms with Crippen LogP contribution in [0.25, 0.3) is 0 Å². The first kappa shape index (κ1) is 20.4. The molecule has 0 radical (unpaired) electrons. The number of hydrogen-bond acceptors (Lipinski definition) is 6. The van der Waals surface area contributed by atoms with Crippen molar-refractivity contribution in [3.05, 3.63) is 72.6 Å². The van der Waals surface area contributed by atoms with Gasteiger partial charge in [0.05, 0.1) is 25.6 Å². The van der Waals surface area contributed by atoms with E-state index in [0.29, 0.717) is 11.5 Å². The van der Waals surface area contributed by atoms with Crippen molar-refractivity contribution >= 4 is 35.0 Å². The van der Waals surface area contributed by atoms with Gasteiger partial charge in [0.25, 0.3) is 0 Å². The van der Waals surface area contributed by atoms with Gasteiger partial charge in [-0.3, -0.25) is 19.2 Å². The topological polar surface area (TPSA) is 143 Å². The van der Waals surface area contributed by atoms with E-state index in [0.717, 1.165) is 0 Å². The zero-order valence-electron chi connectivity index (χ0n) is 15.6. The van der Waals surface area contributed by atoms with Crippen LogP contribution in [0.4, 0.5) is 11.4 Å². The molecular formula is C20H18N4O6. The van der Waals surface area contributed by atoms with Gasteiger partial charge >= 0.3 is 23.6 Å². The van der Waals surface area contributed by atoms with E-state index in [1.165, 1.54) is 30.7 Å². The molecule has 0 saturated carbocycles. The Bertz CT molecular complexity index is 948. The predicted molar refractivity (Wildman–Crippen MR) is 105 cm³/mol. The molecule has 3 aromatic rings. The number of hydrogen-bond donors (Lipinski definition) is 4. The van der Waals surface area contributed by atoms with Gasteiger partial charge in [0, 0.05) is 11.4 Å². The van der Waals surface area contributed by atoms with Gasteiger partial charge in [-0.05, 0) is 42.5 Å². The van der Waals surface area contributed by atoms with Gasteiger partial charge in [-0.25, -0.2) is 0 Å². The fraction of sp³-hybridized carbons (Fsp3) is 0.100. The van der Waals surface area contributed by atoms with Gasteiger partial charge in [-0.15, -0.1) is 0 Å². The van der Waals surface area contributed by atoms with Crippen LogP contribution in [0.1, 0.15) is 11.5 Å². The number of furan rings is 2. The largest absolute Gasteiger partial charge is 0.467 e. The van der Waals surface area contributed by atoms with Crippen LogP contribution in [0.3, 0.4) is 0 Å². The average molecular weight is 410 g/mol. The molecule has 30 heavy (non-hydrogen) atoms. The highest BCUT2D eigenvalue weighted by Gasteiger charge is 2.16. The van der Waals surface area contributed by atoms with Crippen molar-refractivity contribution in [3.8, 4) is 0 Å². The van der Waals surface area contributed by atoms with Gasteiger partial charge in [-0.1, -0.05) is 6.07 Å². The SMILES string of the molecule is O=C(NCc1ccco1)C(=O)Nc1cccc(NC(=O)C(=O)NCc2ccco2)c1. The van der Waals surface area contributed by atoms with Gasteiger partial charge < -0.3 is 30.1 Å². The van der Waals surface area contributed by atoms with Crippen molar-refractivity contribution in [2.24, 2.45) is 0 Å². The van der Waals surface area contributed by atoms with Crippen LogP contribution in [0.15, 0.2) is 69.9 Å². The minimum atomic E-state index is -0.888. The van der Waals surface area contributed by atoms with E-state index in [4.69, 9.17) is 8.83 Å². The average Bonchev–Trinajstić information content (AvgIpc) is 3.44. The van der Waals surface area contributed by atoms with Gasteiger partial charge in [0.15, 0.2) is 0 Å². The van der Waals surface area contributed by atoms with E-state index in [1.54, 1.807) is 30.3 Å². The van der Waals surface area contributed by atoms with Gasteiger partial charge in [0.1, 0.15) is 11.5 Å². The molecule has 3 rings (SSSR count). The Labute approximate surface area is 170 Å². The number of amides is 4. The van der Waals surface area contributed by atoms with E-state index < -0.39 is 23.6 Å². The molecule has 10 nitrogen and oxygen atoms in total. The zero-order valence-corrected chi connectivity index (χ0v) is 15.6. The molecule has 0 fully saturated rings. The predicted octanol–water partition coefficient (Wildman–Crippen LogP) is 1.38. The van der Waals surface area contributed by atoms with Crippen LogP contribution in [-0.2, 0) is 32.3 Å². The molecule has 0 aliphatic heterocycles. The zero-order chi connectivity index (χ0) is 21.3. The molecule has 10 heteroatoms. The van der Waals surface area contributed by atoms with Gasteiger partial charge in [0.2, 0.25) is 0 Å². The van der Waals surface area contributed by atoms with Crippen molar-refractivity contribution in [2.45, 2.75) is 13.1 Å². The molecule has 0 atom stereocenters. The number of rotatable bonds is 6. The smallest absolute Gasteiger partial charge is 0.313 e. The molecule has 0 saturated heterocycles. The van der Waals surface area contributed by atoms with Crippen LogP contribution in [0.5, 0.6) is 0 Å². The Hall–Kier alpha value is -4.34. The minimum absolute atomic E-state index is 0.0719. The molecule has 0 aliphatic rings. The van der Waals surface area contributed by atoms with Crippen molar-refractivity contribution in [1.29, 1.82) is 0 Å². The highest BCUT2D eigenvalue weighted by molar-refractivity contribution is 6.40. The lowest BCUT2D eigenvalue weighted by atomic mass is 10.2. The summed E-state index contributed by atoms with van der Waals surface area (Å²) in [6.45, 7) is 0.144. The molecule has 0 unspecified atom stereocenters. The lowest BCUT2D eigenvalue weighted by Gasteiger charge is -2.09. The van der Waals surface area contributed by atoms with Crippen molar-refractivity contribution in [2.75, 3.05) is 10.6 Å². The second-order valence-corrected chi connectivity index (χ2v) is 6.01. The number of benzene rings is 1. The number of nitrogens with one attached hydrogen (secondary N) is 4. The monoisotopic (exact) mass is 410 g/mol. The Morgan fingerprint density at radius 2 is 1.10 bits per heavy atom. The highest BCUT2D eigenvalue weighted by Crippen LogP contribution is 2.15. The Morgan fingerprint density at radius 1 is 0.633 bits per heavy atom. The highest BCUT2D eigenvalue weighted by atomic mass is 16.3. The summed E-state index contributed by atoms with van der Waals surface area (Å²) < 4.78 is 10.1. The number of carbonyl (C=O) groups excluding carboxylic acids is 4. The van der Waals surface area contributed by atoms with Crippen molar-refractivity contribution in [3.63, 3.8) is 0 Å². The summed E-state index contributed by atoms with van der Waals surface area (Å²) in [5, 5.41) is 9.66. The second-order valence-electron chi connectivity index (χ2n) is 6.01. The fourth-order valence-electron chi connectivity index (χ4n) is 2.37. The summed E-state index contributed by atoms with van der Waals surface area (Å²) in [4.78, 5) is 47.7. The standard InChI is InChI=1S/C20H18N4O6/c25-17(21-11-15-6-2-8-29-15)19(27)23-13-4-1-5-14(10-13)24-20(28)18(26)22-12-16-7-3-9-30-16/h1-10H,11-12H2,(H,21,25)(H,22,26)(H,23,27)(H,24,28). The fourth-order valence-corrected chi connectivity index (χ4v) is 2.37. The van der Waals surface area contributed by atoms with Crippen LogP contribution < -0.4 is 21.3 Å². The summed E-state index contributed by atoms with van der Waals surface area (Å²) in [6, 6.07) is 12.7. The Balaban J connectivity index is 1.49. The molecule has 0 aliphatic carbocycles. The maximum absolute atomic E-state index is 12.0. The first-order valence-electron chi connectivity index (χ1n) is 8.84. The third kappa shape index (κ3) is 5.83. The molecule has 2 heterocycles. The lowest BCUT2D eigenvalue weighted by molar-refractivity contribution is -0.136. The number of carbonyl (C=O) groups is 4. The van der Waals surface area contributed by atoms with Crippen LogP contribution in [0.2, 0.25) is 0 Å². The first-order chi connectivity index (χ1) is 14.5. The third-order valence-electron chi connectivity index (χ3n) is 3.80. The molecular weight excluding hydrogens is 392 g/mol. The molecule has 1 aromatic carbocycles. The summed E-state index contributed by atoms with van der Waals surface area (Å²) in [5.74, 6) is -2.46.